The van der Waals surface area contributed by atoms with E-state index in [0.717, 1.165) is 5.69 Å². The maximum Gasteiger partial charge on any atom is 0.255 e. The number of carbonyl (C=O) groups excluding carboxylic acids is 2. The molecule has 0 aromatic heterocycles. The predicted molar refractivity (Wildman–Crippen MR) is 136 cm³/mol. The van der Waals surface area contributed by atoms with Gasteiger partial charge in [-0.2, -0.15) is 0 Å². The second-order valence-electron chi connectivity index (χ2n) is 8.29. The van der Waals surface area contributed by atoms with Crippen molar-refractivity contribution in [3.8, 4) is 17.2 Å². The number of hydrogen-bond donors (Lipinski definition) is 0. The molecule has 0 bridgehead atoms. The van der Waals surface area contributed by atoms with Crippen LogP contribution in [0.3, 0.4) is 0 Å². The van der Waals surface area contributed by atoms with Gasteiger partial charge in [-0.25, -0.2) is 0 Å². The first-order valence-corrected chi connectivity index (χ1v) is 11.1. The zero-order valence-corrected chi connectivity index (χ0v) is 20.5. The van der Waals surface area contributed by atoms with Crippen LogP contribution in [0.5, 0.6) is 17.2 Å². The molecular weight excluding hydrogens is 446 g/mol. The van der Waals surface area contributed by atoms with Crippen LogP contribution in [0.25, 0.3) is 0 Å². The highest BCUT2D eigenvalue weighted by Crippen LogP contribution is 2.42. The van der Waals surface area contributed by atoms with E-state index in [-0.39, 0.29) is 18.4 Å². The molecule has 8 heteroatoms. The number of rotatable bonds is 7. The van der Waals surface area contributed by atoms with Gasteiger partial charge in [0.05, 0.1) is 32.7 Å². The highest BCUT2D eigenvalue weighted by atomic mass is 16.5. The molecule has 0 N–H and O–H groups in total. The van der Waals surface area contributed by atoms with Gasteiger partial charge in [-0.15, -0.1) is 0 Å². The average Bonchev–Trinajstić information content (AvgIpc) is 2.89. The van der Waals surface area contributed by atoms with Gasteiger partial charge < -0.3 is 19.1 Å². The molecule has 2 amide bonds. The Morgan fingerprint density at radius 2 is 1.46 bits per heavy atom. The number of nitrogens with zero attached hydrogens (tertiary/aromatic N) is 3. The number of methoxy groups -OCH3 is 3. The number of piperazine rings is 1. The Morgan fingerprint density at radius 3 is 2.09 bits per heavy atom. The number of ether oxygens (including phenoxy) is 3. The van der Waals surface area contributed by atoms with Gasteiger partial charge in [0.2, 0.25) is 5.91 Å². The van der Waals surface area contributed by atoms with Crippen LogP contribution < -0.4 is 28.9 Å². The van der Waals surface area contributed by atoms with E-state index in [1.807, 2.05) is 55.4 Å². The van der Waals surface area contributed by atoms with Gasteiger partial charge in [0.1, 0.15) is 29.8 Å². The number of amides is 2. The predicted octanol–water partition coefficient (Wildman–Crippen LogP) is 3.90. The summed E-state index contributed by atoms with van der Waals surface area (Å²) in [5.74, 6) is 1.02. The molecule has 0 spiro atoms. The summed E-state index contributed by atoms with van der Waals surface area (Å²) in [6.07, 6.45) is 0. The Kier molecular flexibility index (Phi) is 6.82. The molecule has 0 unspecified atom stereocenters. The SMILES string of the molecule is COc1ccc(OC)c(N2C(=O)CN(c3ccccc3OC)C(=O)[C@@H]2c2ccc(N(C)C)cc2)c1. The summed E-state index contributed by atoms with van der Waals surface area (Å²) < 4.78 is 16.4. The van der Waals surface area contributed by atoms with E-state index in [1.165, 1.54) is 16.9 Å². The van der Waals surface area contributed by atoms with Gasteiger partial charge in [0.15, 0.2) is 0 Å². The van der Waals surface area contributed by atoms with Crippen molar-refractivity contribution in [1.82, 2.24) is 0 Å². The molecule has 1 heterocycles. The van der Waals surface area contributed by atoms with E-state index in [2.05, 4.69) is 0 Å². The molecule has 1 saturated heterocycles. The molecule has 1 aliphatic heterocycles. The Balaban J connectivity index is 1.88. The maximum atomic E-state index is 14.1. The normalized spacial score (nSPS) is 15.7. The Bertz CT molecular complexity index is 1230. The van der Waals surface area contributed by atoms with Crippen LogP contribution >= 0.6 is 0 Å². The lowest BCUT2D eigenvalue weighted by Crippen LogP contribution is -2.56. The lowest BCUT2D eigenvalue weighted by Gasteiger charge is -2.41. The van der Waals surface area contributed by atoms with E-state index in [1.54, 1.807) is 44.6 Å². The molecule has 1 aliphatic rings. The van der Waals surface area contributed by atoms with Gasteiger partial charge in [0, 0.05) is 25.8 Å². The van der Waals surface area contributed by atoms with Crippen LogP contribution in [0, 0.1) is 0 Å². The van der Waals surface area contributed by atoms with Crippen molar-refractivity contribution in [3.05, 3.63) is 72.3 Å². The van der Waals surface area contributed by atoms with Crippen molar-refractivity contribution >= 4 is 28.9 Å². The quantitative estimate of drug-likeness (QED) is 0.516. The van der Waals surface area contributed by atoms with E-state index in [9.17, 15) is 9.59 Å². The fourth-order valence-corrected chi connectivity index (χ4v) is 4.25. The second kappa shape index (κ2) is 9.97. The Hall–Kier alpha value is -4.20. The number of carbonyl (C=O) groups is 2. The summed E-state index contributed by atoms with van der Waals surface area (Å²) >= 11 is 0. The van der Waals surface area contributed by atoms with Crippen molar-refractivity contribution in [2.75, 3.05) is 56.7 Å². The largest absolute Gasteiger partial charge is 0.497 e. The molecular formula is C27H29N3O5. The number of anilines is 3. The summed E-state index contributed by atoms with van der Waals surface area (Å²) in [6, 6.07) is 19.0. The fourth-order valence-electron chi connectivity index (χ4n) is 4.25. The number of para-hydroxylation sites is 2. The molecule has 3 aromatic carbocycles. The smallest absolute Gasteiger partial charge is 0.255 e. The topological polar surface area (TPSA) is 71.5 Å². The van der Waals surface area contributed by atoms with Gasteiger partial charge in [-0.05, 0) is 42.0 Å². The van der Waals surface area contributed by atoms with Gasteiger partial charge in [-0.3, -0.25) is 19.4 Å². The van der Waals surface area contributed by atoms with Crippen LogP contribution in [0.4, 0.5) is 17.1 Å². The van der Waals surface area contributed by atoms with Crippen LogP contribution in [0.2, 0.25) is 0 Å². The van der Waals surface area contributed by atoms with E-state index in [4.69, 9.17) is 14.2 Å². The zero-order valence-electron chi connectivity index (χ0n) is 20.5. The number of hydrogen-bond acceptors (Lipinski definition) is 6. The minimum atomic E-state index is -0.918. The van der Waals surface area contributed by atoms with Gasteiger partial charge in [0.25, 0.3) is 5.91 Å². The molecule has 182 valence electrons. The third kappa shape index (κ3) is 4.47. The lowest BCUT2D eigenvalue weighted by molar-refractivity contribution is -0.128. The van der Waals surface area contributed by atoms with Crippen molar-refractivity contribution in [2.24, 2.45) is 0 Å². The first kappa shape index (κ1) is 23.9. The molecule has 35 heavy (non-hydrogen) atoms. The fraction of sp³-hybridized carbons (Fsp3) is 0.259. The van der Waals surface area contributed by atoms with Crippen molar-refractivity contribution in [2.45, 2.75) is 6.04 Å². The minimum absolute atomic E-state index is 0.147. The standard InChI is InChI=1S/C27H29N3O5/c1-28(2)19-12-10-18(11-13-19)26-27(32)29(21-8-6-7-9-23(21)34-4)17-25(31)30(26)22-16-20(33-3)14-15-24(22)35-5/h6-16,26H,17H2,1-5H3/t26-/m0/s1. The molecule has 0 saturated carbocycles. The van der Waals surface area contributed by atoms with E-state index < -0.39 is 6.04 Å². The summed E-state index contributed by atoms with van der Waals surface area (Å²) in [7, 11) is 8.52. The first-order valence-electron chi connectivity index (χ1n) is 11.1. The average molecular weight is 476 g/mol. The summed E-state index contributed by atoms with van der Waals surface area (Å²) in [5.41, 5.74) is 2.67. The van der Waals surface area contributed by atoms with Crippen LogP contribution in [-0.2, 0) is 9.59 Å². The molecule has 1 fully saturated rings. The highest BCUT2D eigenvalue weighted by molar-refractivity contribution is 6.15. The molecule has 1 atom stereocenters. The molecule has 4 rings (SSSR count). The highest BCUT2D eigenvalue weighted by Gasteiger charge is 2.43. The van der Waals surface area contributed by atoms with Crippen molar-refractivity contribution in [3.63, 3.8) is 0 Å². The van der Waals surface area contributed by atoms with Gasteiger partial charge >= 0.3 is 0 Å². The third-order valence-corrected chi connectivity index (χ3v) is 6.07. The van der Waals surface area contributed by atoms with E-state index in [0.29, 0.717) is 34.2 Å². The van der Waals surface area contributed by atoms with Crippen LogP contribution in [-0.4, -0.2) is 53.8 Å². The van der Waals surface area contributed by atoms with Crippen LogP contribution in [0.1, 0.15) is 11.6 Å². The van der Waals surface area contributed by atoms with Crippen molar-refractivity contribution < 1.29 is 23.8 Å². The molecule has 0 aliphatic carbocycles. The van der Waals surface area contributed by atoms with Gasteiger partial charge in [-0.1, -0.05) is 24.3 Å². The van der Waals surface area contributed by atoms with Crippen molar-refractivity contribution in [1.29, 1.82) is 0 Å². The summed E-state index contributed by atoms with van der Waals surface area (Å²) in [6.45, 7) is -0.147. The zero-order chi connectivity index (χ0) is 25.1. The number of benzene rings is 3. The van der Waals surface area contributed by atoms with Crippen LogP contribution in [0.15, 0.2) is 66.7 Å². The monoisotopic (exact) mass is 475 g/mol. The molecule has 0 radical (unpaired) electrons. The third-order valence-electron chi connectivity index (χ3n) is 6.07. The Labute approximate surface area is 205 Å². The molecule has 3 aromatic rings. The first-order chi connectivity index (χ1) is 16.9. The summed E-state index contributed by atoms with van der Waals surface area (Å²) in [5, 5.41) is 0. The Morgan fingerprint density at radius 1 is 0.800 bits per heavy atom. The lowest BCUT2D eigenvalue weighted by atomic mass is 9.98. The van der Waals surface area contributed by atoms with E-state index >= 15 is 0 Å². The molecule has 8 nitrogen and oxygen atoms in total. The summed E-state index contributed by atoms with van der Waals surface area (Å²) in [4.78, 5) is 32.8. The second-order valence-corrected chi connectivity index (χ2v) is 8.29. The minimum Gasteiger partial charge on any atom is -0.497 e. The maximum absolute atomic E-state index is 14.1.